The van der Waals surface area contributed by atoms with E-state index in [1.165, 1.54) is 22.3 Å². The Morgan fingerprint density at radius 1 is 0.906 bits per heavy atom. The monoisotopic (exact) mass is 431 g/mol. The van der Waals surface area contributed by atoms with Crippen molar-refractivity contribution in [1.82, 2.24) is 4.98 Å². The Kier molecular flexibility index (Phi) is 8.33. The van der Waals surface area contributed by atoms with Crippen molar-refractivity contribution < 1.29 is 9.47 Å². The van der Waals surface area contributed by atoms with Gasteiger partial charge in [0.25, 0.3) is 0 Å². The van der Waals surface area contributed by atoms with Gasteiger partial charge in [0.1, 0.15) is 18.1 Å². The first-order valence-electron chi connectivity index (χ1n) is 12.0. The second kappa shape index (κ2) is 11.2. The second-order valence-electron chi connectivity index (χ2n) is 8.58. The summed E-state index contributed by atoms with van der Waals surface area (Å²) in [5, 5.41) is 0. The Bertz CT molecular complexity index is 1000. The van der Waals surface area contributed by atoms with Crippen molar-refractivity contribution in [2.75, 3.05) is 0 Å². The lowest BCUT2D eigenvalue weighted by atomic mass is 9.94. The van der Waals surface area contributed by atoms with E-state index in [9.17, 15) is 0 Å². The van der Waals surface area contributed by atoms with Gasteiger partial charge in [-0.15, -0.1) is 0 Å². The van der Waals surface area contributed by atoms with Gasteiger partial charge in [-0.1, -0.05) is 57.5 Å². The minimum absolute atomic E-state index is 0.0730. The molecule has 0 amide bonds. The summed E-state index contributed by atoms with van der Waals surface area (Å²) < 4.78 is 12.4. The third kappa shape index (κ3) is 5.70. The van der Waals surface area contributed by atoms with Crippen molar-refractivity contribution in [1.29, 1.82) is 0 Å². The third-order valence-corrected chi connectivity index (χ3v) is 5.75. The zero-order valence-corrected chi connectivity index (χ0v) is 20.5. The minimum atomic E-state index is 0.0730. The zero-order valence-electron chi connectivity index (χ0n) is 20.5. The average molecular weight is 432 g/mol. The number of hydrogen-bond donors (Lipinski definition) is 0. The summed E-state index contributed by atoms with van der Waals surface area (Å²) in [7, 11) is 0. The van der Waals surface area contributed by atoms with Crippen LogP contribution in [0.4, 0.5) is 0 Å². The molecule has 3 aromatic rings. The second-order valence-corrected chi connectivity index (χ2v) is 8.58. The van der Waals surface area contributed by atoms with E-state index in [2.05, 4.69) is 90.1 Å². The molecule has 0 aliphatic heterocycles. The molecule has 0 bridgehead atoms. The van der Waals surface area contributed by atoms with Crippen molar-refractivity contribution in [2.45, 2.75) is 79.9 Å². The molecule has 0 aliphatic rings. The van der Waals surface area contributed by atoms with Crippen LogP contribution in [0, 0.1) is 6.92 Å². The van der Waals surface area contributed by atoms with Crippen LogP contribution >= 0.6 is 0 Å². The van der Waals surface area contributed by atoms with E-state index in [-0.39, 0.29) is 6.10 Å². The molecule has 0 aliphatic carbocycles. The Morgan fingerprint density at radius 2 is 1.56 bits per heavy atom. The van der Waals surface area contributed by atoms with Gasteiger partial charge in [0.2, 0.25) is 0 Å². The number of pyridine rings is 1. The molecule has 32 heavy (non-hydrogen) atoms. The Morgan fingerprint density at radius 3 is 2.12 bits per heavy atom. The first-order chi connectivity index (χ1) is 15.5. The summed E-state index contributed by atoms with van der Waals surface area (Å²) in [6, 6.07) is 17.0. The average Bonchev–Trinajstić information content (AvgIpc) is 2.78. The maximum atomic E-state index is 6.25. The van der Waals surface area contributed by atoms with E-state index in [1.807, 2.05) is 0 Å². The SMILES string of the molecule is CCCc1ccc(OCc2c(OC(C)C)cc(-c3c(CC)cccc3CC)nc2C)cc1. The van der Waals surface area contributed by atoms with Crippen LogP contribution < -0.4 is 9.47 Å². The van der Waals surface area contributed by atoms with Crippen molar-refractivity contribution >= 4 is 0 Å². The van der Waals surface area contributed by atoms with Gasteiger partial charge in [-0.2, -0.15) is 0 Å². The van der Waals surface area contributed by atoms with Crippen LogP contribution in [0.2, 0.25) is 0 Å². The standard InChI is InChI=1S/C29H37NO2/c1-7-11-22-14-16-25(17-15-22)31-19-26-21(6)30-27(18-28(26)32-20(4)5)29-23(8-2)12-10-13-24(29)9-3/h10,12-18,20H,7-9,11,19H2,1-6H3. The Labute approximate surface area is 193 Å². The minimum Gasteiger partial charge on any atom is -0.490 e. The molecule has 3 heteroatoms. The summed E-state index contributed by atoms with van der Waals surface area (Å²) in [6.45, 7) is 13.2. The predicted molar refractivity (Wildman–Crippen MR) is 134 cm³/mol. The van der Waals surface area contributed by atoms with Crippen molar-refractivity contribution in [2.24, 2.45) is 0 Å². The molecule has 0 atom stereocenters. The van der Waals surface area contributed by atoms with Gasteiger partial charge in [-0.05, 0) is 68.9 Å². The van der Waals surface area contributed by atoms with Crippen LogP contribution in [0.15, 0.2) is 48.5 Å². The van der Waals surface area contributed by atoms with Gasteiger partial charge in [-0.3, -0.25) is 4.98 Å². The molecule has 0 spiro atoms. The molecule has 1 aromatic heterocycles. The predicted octanol–water partition coefficient (Wildman–Crippen LogP) is 7.50. The van der Waals surface area contributed by atoms with Crippen LogP contribution in [-0.2, 0) is 25.9 Å². The van der Waals surface area contributed by atoms with Crippen LogP contribution in [0.1, 0.15) is 69.0 Å². The van der Waals surface area contributed by atoms with Crippen LogP contribution in [0.5, 0.6) is 11.5 Å². The smallest absolute Gasteiger partial charge is 0.130 e. The highest BCUT2D eigenvalue weighted by atomic mass is 16.5. The number of rotatable bonds is 10. The van der Waals surface area contributed by atoms with E-state index in [0.717, 1.165) is 54.1 Å². The van der Waals surface area contributed by atoms with Gasteiger partial charge in [0, 0.05) is 17.3 Å². The quantitative estimate of drug-likeness (QED) is 0.333. The first kappa shape index (κ1) is 23.8. The van der Waals surface area contributed by atoms with E-state index in [4.69, 9.17) is 14.5 Å². The molecular weight excluding hydrogens is 394 g/mol. The fourth-order valence-corrected chi connectivity index (χ4v) is 4.10. The molecule has 3 nitrogen and oxygen atoms in total. The van der Waals surface area contributed by atoms with Crippen LogP contribution in [-0.4, -0.2) is 11.1 Å². The van der Waals surface area contributed by atoms with E-state index in [1.54, 1.807) is 0 Å². The fourth-order valence-electron chi connectivity index (χ4n) is 4.10. The maximum absolute atomic E-state index is 6.25. The fraction of sp³-hybridized carbons (Fsp3) is 0.414. The molecule has 0 saturated heterocycles. The molecule has 3 rings (SSSR count). The topological polar surface area (TPSA) is 31.4 Å². The van der Waals surface area contributed by atoms with E-state index >= 15 is 0 Å². The Hall–Kier alpha value is -2.81. The number of nitrogens with zero attached hydrogens (tertiary/aromatic N) is 1. The highest BCUT2D eigenvalue weighted by Crippen LogP contribution is 2.34. The molecule has 0 radical (unpaired) electrons. The molecule has 0 N–H and O–H groups in total. The maximum Gasteiger partial charge on any atom is 0.130 e. The molecular formula is C29H37NO2. The Balaban J connectivity index is 1.96. The lowest BCUT2D eigenvalue weighted by Gasteiger charge is -2.20. The summed E-state index contributed by atoms with van der Waals surface area (Å²) in [6.07, 6.45) is 4.26. The molecule has 170 valence electrons. The highest BCUT2D eigenvalue weighted by Gasteiger charge is 2.17. The summed E-state index contributed by atoms with van der Waals surface area (Å²) >= 11 is 0. The number of hydrogen-bond acceptors (Lipinski definition) is 3. The summed E-state index contributed by atoms with van der Waals surface area (Å²) in [5.41, 5.74) is 8.17. The largest absolute Gasteiger partial charge is 0.490 e. The first-order valence-corrected chi connectivity index (χ1v) is 12.0. The number of aromatic nitrogens is 1. The molecule has 0 unspecified atom stereocenters. The van der Waals surface area contributed by atoms with E-state index < -0.39 is 0 Å². The van der Waals surface area contributed by atoms with Crippen molar-refractivity contribution in [3.8, 4) is 22.8 Å². The zero-order chi connectivity index (χ0) is 23.1. The number of aryl methyl sites for hydroxylation is 4. The van der Waals surface area contributed by atoms with E-state index in [0.29, 0.717) is 6.61 Å². The molecule has 0 fully saturated rings. The van der Waals surface area contributed by atoms with Crippen LogP contribution in [0.3, 0.4) is 0 Å². The molecule has 1 heterocycles. The van der Waals surface area contributed by atoms with Gasteiger partial charge in [0.15, 0.2) is 0 Å². The van der Waals surface area contributed by atoms with Crippen molar-refractivity contribution in [3.63, 3.8) is 0 Å². The van der Waals surface area contributed by atoms with Gasteiger partial charge < -0.3 is 9.47 Å². The number of ether oxygens (including phenoxy) is 2. The lowest BCUT2D eigenvalue weighted by Crippen LogP contribution is -2.11. The summed E-state index contributed by atoms with van der Waals surface area (Å²) in [4.78, 5) is 5.02. The van der Waals surface area contributed by atoms with Gasteiger partial charge in [0.05, 0.1) is 17.4 Å². The van der Waals surface area contributed by atoms with Gasteiger partial charge >= 0.3 is 0 Å². The third-order valence-electron chi connectivity index (χ3n) is 5.75. The molecule has 2 aromatic carbocycles. The van der Waals surface area contributed by atoms with Gasteiger partial charge in [-0.25, -0.2) is 0 Å². The number of benzene rings is 2. The van der Waals surface area contributed by atoms with Crippen LogP contribution in [0.25, 0.3) is 11.3 Å². The normalized spacial score (nSPS) is 11.1. The molecule has 0 saturated carbocycles. The van der Waals surface area contributed by atoms with Crippen molar-refractivity contribution in [3.05, 3.63) is 76.5 Å². The highest BCUT2D eigenvalue weighted by molar-refractivity contribution is 5.70. The lowest BCUT2D eigenvalue weighted by molar-refractivity contribution is 0.229. The summed E-state index contributed by atoms with van der Waals surface area (Å²) in [5.74, 6) is 1.73.